The summed E-state index contributed by atoms with van der Waals surface area (Å²) in [5.41, 5.74) is 1.58. The molecule has 5 nitrogen and oxygen atoms in total. The minimum atomic E-state index is -0.471. The predicted octanol–water partition coefficient (Wildman–Crippen LogP) is 2.45. The van der Waals surface area contributed by atoms with E-state index in [9.17, 15) is 4.79 Å². The van der Waals surface area contributed by atoms with Crippen molar-refractivity contribution in [3.63, 3.8) is 0 Å². The Balaban J connectivity index is 2.73. The van der Waals surface area contributed by atoms with Gasteiger partial charge in [0.1, 0.15) is 11.6 Å². The zero-order valence-electron chi connectivity index (χ0n) is 10.9. The molecule has 0 fully saturated rings. The molecule has 0 saturated carbocycles. The highest BCUT2D eigenvalue weighted by Gasteiger charge is 2.10. The number of carbonyl (C=O) groups is 1. The van der Waals surface area contributed by atoms with E-state index in [2.05, 4.69) is 33.2 Å². The fraction of sp³-hybridized carbons (Fsp3) is 0.214. The lowest BCUT2D eigenvalue weighted by atomic mass is 10.2. The summed E-state index contributed by atoms with van der Waals surface area (Å²) < 4.78 is 1.08. The van der Waals surface area contributed by atoms with Crippen LogP contribution in [0.1, 0.15) is 12.0 Å². The van der Waals surface area contributed by atoms with Gasteiger partial charge in [-0.2, -0.15) is 10.5 Å². The second kappa shape index (κ2) is 8.18. The van der Waals surface area contributed by atoms with Crippen LogP contribution in [-0.2, 0) is 4.79 Å². The fourth-order valence-corrected chi connectivity index (χ4v) is 2.05. The van der Waals surface area contributed by atoms with Crippen LogP contribution in [0, 0.1) is 33.2 Å². The number of carbonyl (C=O) groups excluding carboxylic acids is 1. The molecule has 2 N–H and O–H groups in total. The van der Waals surface area contributed by atoms with Crippen molar-refractivity contribution in [2.45, 2.75) is 13.3 Å². The van der Waals surface area contributed by atoms with E-state index >= 15 is 0 Å². The van der Waals surface area contributed by atoms with Gasteiger partial charge in [-0.05, 0) is 53.3 Å². The van der Waals surface area contributed by atoms with Crippen LogP contribution in [0.4, 0.5) is 5.69 Å². The van der Waals surface area contributed by atoms with E-state index in [1.807, 2.05) is 31.2 Å². The van der Waals surface area contributed by atoms with Crippen LogP contribution in [0.5, 0.6) is 0 Å². The molecule has 1 aromatic carbocycles. The Morgan fingerprint density at radius 1 is 1.45 bits per heavy atom. The van der Waals surface area contributed by atoms with E-state index in [-0.39, 0.29) is 5.57 Å². The number of rotatable bonds is 5. The number of nitrogens with one attached hydrogen (secondary N) is 2. The monoisotopic (exact) mass is 380 g/mol. The first-order valence-electron chi connectivity index (χ1n) is 5.86. The van der Waals surface area contributed by atoms with E-state index in [4.69, 9.17) is 10.5 Å². The second-order valence-corrected chi connectivity index (χ2v) is 5.19. The number of anilines is 1. The third kappa shape index (κ3) is 4.90. The molecule has 0 aliphatic heterocycles. The van der Waals surface area contributed by atoms with Gasteiger partial charge in [-0.3, -0.25) is 4.79 Å². The average Bonchev–Trinajstić information content (AvgIpc) is 2.42. The molecule has 0 unspecified atom stereocenters. The Labute approximate surface area is 131 Å². The Hall–Kier alpha value is -2.06. The molecular formula is C14H13IN4O. The predicted molar refractivity (Wildman–Crippen MR) is 84.5 cm³/mol. The highest BCUT2D eigenvalue weighted by atomic mass is 127. The Bertz CT molecular complexity index is 611. The zero-order valence-corrected chi connectivity index (χ0v) is 13.1. The van der Waals surface area contributed by atoms with Crippen molar-refractivity contribution in [2.75, 3.05) is 11.9 Å². The van der Waals surface area contributed by atoms with Crippen molar-refractivity contribution >= 4 is 34.2 Å². The summed E-state index contributed by atoms with van der Waals surface area (Å²) >= 11 is 2.19. The molecule has 20 heavy (non-hydrogen) atoms. The third-order valence-corrected chi connectivity index (χ3v) is 3.10. The molecule has 0 spiro atoms. The van der Waals surface area contributed by atoms with Gasteiger partial charge >= 0.3 is 0 Å². The van der Waals surface area contributed by atoms with Crippen molar-refractivity contribution in [3.8, 4) is 12.1 Å². The molecule has 1 amide bonds. The normalized spacial score (nSPS) is 10.3. The van der Waals surface area contributed by atoms with E-state index in [1.54, 1.807) is 6.07 Å². The number of aryl methyl sites for hydroxylation is 1. The molecule has 1 aromatic rings. The Morgan fingerprint density at radius 2 is 2.20 bits per heavy atom. The number of hydrogen-bond donors (Lipinski definition) is 2. The first kappa shape index (κ1) is 16.0. The quantitative estimate of drug-likeness (QED) is 0.356. The molecule has 0 bridgehead atoms. The number of nitriles is 2. The molecule has 0 radical (unpaired) electrons. The van der Waals surface area contributed by atoms with Gasteiger partial charge in [-0.25, -0.2) is 0 Å². The summed E-state index contributed by atoms with van der Waals surface area (Å²) in [5.74, 6) is -0.471. The summed E-state index contributed by atoms with van der Waals surface area (Å²) in [4.78, 5) is 11.9. The van der Waals surface area contributed by atoms with Gasteiger partial charge in [0.2, 0.25) is 0 Å². The topological polar surface area (TPSA) is 88.7 Å². The summed E-state index contributed by atoms with van der Waals surface area (Å²) in [7, 11) is 0. The first-order chi connectivity index (χ1) is 9.58. The van der Waals surface area contributed by atoms with E-state index in [0.717, 1.165) is 9.13 Å². The highest BCUT2D eigenvalue weighted by molar-refractivity contribution is 14.1. The van der Waals surface area contributed by atoms with Crippen LogP contribution >= 0.6 is 22.6 Å². The molecule has 0 aliphatic rings. The van der Waals surface area contributed by atoms with Crippen LogP contribution in [-0.4, -0.2) is 12.5 Å². The largest absolute Gasteiger partial charge is 0.389 e. The van der Waals surface area contributed by atoms with Crippen LogP contribution in [0.25, 0.3) is 0 Å². The lowest BCUT2D eigenvalue weighted by Crippen LogP contribution is -2.17. The van der Waals surface area contributed by atoms with Crippen LogP contribution < -0.4 is 10.6 Å². The smallest absolute Gasteiger partial charge is 0.267 e. The van der Waals surface area contributed by atoms with Gasteiger partial charge in [-0.15, -0.1) is 0 Å². The number of hydrogen-bond acceptors (Lipinski definition) is 4. The number of halogens is 1. The van der Waals surface area contributed by atoms with Gasteiger partial charge in [0, 0.05) is 22.0 Å². The molecule has 0 aromatic heterocycles. The lowest BCUT2D eigenvalue weighted by molar-refractivity contribution is -0.112. The highest BCUT2D eigenvalue weighted by Crippen LogP contribution is 2.18. The maximum absolute atomic E-state index is 11.9. The van der Waals surface area contributed by atoms with Gasteiger partial charge in [0.15, 0.2) is 0 Å². The van der Waals surface area contributed by atoms with Crippen molar-refractivity contribution in [3.05, 3.63) is 39.1 Å². The molecule has 102 valence electrons. The van der Waals surface area contributed by atoms with Crippen LogP contribution in [0.2, 0.25) is 0 Å². The second-order valence-electron chi connectivity index (χ2n) is 3.95. The summed E-state index contributed by atoms with van der Waals surface area (Å²) in [5, 5.41) is 22.8. The van der Waals surface area contributed by atoms with Crippen LogP contribution in [0.15, 0.2) is 30.0 Å². The van der Waals surface area contributed by atoms with Crippen molar-refractivity contribution in [1.29, 1.82) is 10.5 Å². The maximum atomic E-state index is 11.9. The van der Waals surface area contributed by atoms with Gasteiger partial charge in [-0.1, -0.05) is 0 Å². The molecule has 0 saturated heterocycles. The van der Waals surface area contributed by atoms with Gasteiger partial charge in [0.25, 0.3) is 5.91 Å². The molecule has 0 atom stereocenters. The summed E-state index contributed by atoms with van der Waals surface area (Å²) in [6.45, 7) is 2.29. The SMILES string of the molecule is Cc1cc(I)ccc1NC(=O)/C(C#N)=C\NCCC#N. The van der Waals surface area contributed by atoms with E-state index < -0.39 is 5.91 Å². The Morgan fingerprint density at radius 3 is 2.80 bits per heavy atom. The number of benzene rings is 1. The summed E-state index contributed by atoms with van der Waals surface area (Å²) in [6.07, 6.45) is 1.64. The lowest BCUT2D eigenvalue weighted by Gasteiger charge is -2.08. The van der Waals surface area contributed by atoms with E-state index in [0.29, 0.717) is 18.7 Å². The number of nitrogens with zero attached hydrogens (tertiary/aromatic N) is 2. The van der Waals surface area contributed by atoms with Gasteiger partial charge < -0.3 is 10.6 Å². The average molecular weight is 380 g/mol. The maximum Gasteiger partial charge on any atom is 0.267 e. The minimum Gasteiger partial charge on any atom is -0.389 e. The number of amides is 1. The van der Waals surface area contributed by atoms with E-state index in [1.165, 1.54) is 6.20 Å². The molecule has 6 heteroatoms. The molecule has 0 heterocycles. The molecular weight excluding hydrogens is 367 g/mol. The van der Waals surface area contributed by atoms with Crippen molar-refractivity contribution < 1.29 is 4.79 Å². The standard InChI is InChI=1S/C14H13IN4O/c1-10-7-12(15)3-4-13(10)19-14(20)11(8-17)9-18-6-2-5-16/h3-4,7,9,18H,2,6H2,1H3,(H,19,20)/b11-9-. The fourth-order valence-electron chi connectivity index (χ4n) is 1.41. The molecule has 0 aliphatic carbocycles. The third-order valence-electron chi connectivity index (χ3n) is 2.43. The zero-order chi connectivity index (χ0) is 15.0. The molecule has 1 rings (SSSR count). The van der Waals surface area contributed by atoms with Crippen molar-refractivity contribution in [1.82, 2.24) is 5.32 Å². The first-order valence-corrected chi connectivity index (χ1v) is 6.94. The van der Waals surface area contributed by atoms with Gasteiger partial charge in [0.05, 0.1) is 12.5 Å². The van der Waals surface area contributed by atoms with Crippen molar-refractivity contribution in [2.24, 2.45) is 0 Å². The van der Waals surface area contributed by atoms with Crippen LogP contribution in [0.3, 0.4) is 0 Å². The minimum absolute atomic E-state index is 0.0270. The summed E-state index contributed by atoms with van der Waals surface area (Å²) in [6, 6.07) is 9.42. The Kier molecular flexibility index (Phi) is 6.54.